The zero-order valence-electron chi connectivity index (χ0n) is 8.98. The summed E-state index contributed by atoms with van der Waals surface area (Å²) in [5.41, 5.74) is 3.95. The number of rotatable bonds is 4. The third-order valence-electron chi connectivity index (χ3n) is 2.27. The SMILES string of the molecule is N#Cc1ccc(C(O)C(O)C(N)=O)c([N+](=O)[O-])c1. The van der Waals surface area contributed by atoms with E-state index in [2.05, 4.69) is 0 Å². The van der Waals surface area contributed by atoms with Crippen LogP contribution in [0, 0.1) is 21.4 Å². The summed E-state index contributed by atoms with van der Waals surface area (Å²) < 4.78 is 0. The fourth-order valence-corrected chi connectivity index (χ4v) is 1.35. The minimum Gasteiger partial charge on any atom is -0.385 e. The lowest BCUT2D eigenvalue weighted by molar-refractivity contribution is -0.386. The van der Waals surface area contributed by atoms with Gasteiger partial charge in [0.05, 0.1) is 22.1 Å². The topological polar surface area (TPSA) is 150 Å². The first-order valence-electron chi connectivity index (χ1n) is 4.72. The second-order valence-electron chi connectivity index (χ2n) is 3.43. The van der Waals surface area contributed by atoms with Crippen LogP contribution in [0.2, 0.25) is 0 Å². The molecule has 0 aliphatic carbocycles. The zero-order chi connectivity index (χ0) is 13.9. The van der Waals surface area contributed by atoms with Gasteiger partial charge in [-0.15, -0.1) is 0 Å². The molecule has 1 amide bonds. The van der Waals surface area contributed by atoms with E-state index in [1.807, 2.05) is 0 Å². The van der Waals surface area contributed by atoms with E-state index in [4.69, 9.17) is 11.0 Å². The lowest BCUT2D eigenvalue weighted by Crippen LogP contribution is -2.34. The van der Waals surface area contributed by atoms with E-state index in [0.717, 1.165) is 12.1 Å². The molecule has 0 radical (unpaired) electrons. The lowest BCUT2D eigenvalue weighted by Gasteiger charge is -2.15. The zero-order valence-corrected chi connectivity index (χ0v) is 8.98. The van der Waals surface area contributed by atoms with Gasteiger partial charge in [-0.05, 0) is 12.1 Å². The van der Waals surface area contributed by atoms with Crippen molar-refractivity contribution in [3.05, 3.63) is 39.4 Å². The van der Waals surface area contributed by atoms with E-state index in [1.54, 1.807) is 6.07 Å². The highest BCUT2D eigenvalue weighted by Crippen LogP contribution is 2.28. The number of carbonyl (C=O) groups is 1. The first-order valence-corrected chi connectivity index (χ1v) is 4.72. The smallest absolute Gasteiger partial charge is 0.276 e. The Morgan fingerprint density at radius 1 is 1.50 bits per heavy atom. The molecule has 0 saturated heterocycles. The predicted octanol–water partition coefficient (Wildman–Crippen LogP) is -0.654. The van der Waals surface area contributed by atoms with Crippen LogP contribution in [0.5, 0.6) is 0 Å². The molecule has 0 aliphatic rings. The number of nitriles is 1. The molecule has 2 unspecified atom stereocenters. The summed E-state index contributed by atoms with van der Waals surface area (Å²) >= 11 is 0. The van der Waals surface area contributed by atoms with Gasteiger partial charge in [-0.2, -0.15) is 5.26 Å². The fraction of sp³-hybridized carbons (Fsp3) is 0.200. The van der Waals surface area contributed by atoms with Crippen LogP contribution in [0.25, 0.3) is 0 Å². The van der Waals surface area contributed by atoms with Crippen molar-refractivity contribution in [1.29, 1.82) is 5.26 Å². The van der Waals surface area contributed by atoms with Crippen LogP contribution in [-0.4, -0.2) is 27.1 Å². The molecule has 1 rings (SSSR count). The van der Waals surface area contributed by atoms with Crippen molar-refractivity contribution in [2.24, 2.45) is 5.73 Å². The van der Waals surface area contributed by atoms with Gasteiger partial charge in [-0.1, -0.05) is 0 Å². The standard InChI is InChI=1S/C10H9N3O5/c11-4-5-1-2-6(7(3-5)13(17)18)8(14)9(15)10(12)16/h1-3,8-9,14-15H,(H2,12,16). The summed E-state index contributed by atoms with van der Waals surface area (Å²) in [6.45, 7) is 0. The molecule has 2 atom stereocenters. The number of benzene rings is 1. The number of carbonyl (C=O) groups excluding carboxylic acids is 1. The van der Waals surface area contributed by atoms with E-state index in [9.17, 15) is 25.1 Å². The number of aliphatic hydroxyl groups is 2. The molecule has 0 fully saturated rings. The Morgan fingerprint density at radius 2 is 2.11 bits per heavy atom. The molecule has 8 nitrogen and oxygen atoms in total. The van der Waals surface area contributed by atoms with Gasteiger partial charge in [0.15, 0.2) is 6.10 Å². The fourth-order valence-electron chi connectivity index (χ4n) is 1.35. The largest absolute Gasteiger partial charge is 0.385 e. The molecule has 1 aromatic carbocycles. The monoisotopic (exact) mass is 251 g/mol. The Balaban J connectivity index is 3.28. The maximum Gasteiger partial charge on any atom is 0.276 e. The average molecular weight is 251 g/mol. The minimum atomic E-state index is -1.96. The van der Waals surface area contributed by atoms with Gasteiger partial charge < -0.3 is 15.9 Å². The van der Waals surface area contributed by atoms with E-state index < -0.39 is 28.7 Å². The molecule has 0 saturated carbocycles. The first-order chi connectivity index (χ1) is 8.38. The molecule has 94 valence electrons. The van der Waals surface area contributed by atoms with E-state index >= 15 is 0 Å². The highest BCUT2D eigenvalue weighted by atomic mass is 16.6. The van der Waals surface area contributed by atoms with Gasteiger partial charge in [-0.25, -0.2) is 0 Å². The summed E-state index contributed by atoms with van der Waals surface area (Å²) in [6, 6.07) is 4.95. The Kier molecular flexibility index (Phi) is 3.93. The normalized spacial score (nSPS) is 13.4. The molecule has 4 N–H and O–H groups in total. The van der Waals surface area contributed by atoms with Crippen molar-refractivity contribution in [3.63, 3.8) is 0 Å². The highest BCUT2D eigenvalue weighted by molar-refractivity contribution is 5.79. The summed E-state index contributed by atoms with van der Waals surface area (Å²) in [4.78, 5) is 20.7. The van der Waals surface area contributed by atoms with Crippen molar-refractivity contribution in [2.75, 3.05) is 0 Å². The van der Waals surface area contributed by atoms with Gasteiger partial charge in [-0.3, -0.25) is 14.9 Å². The third kappa shape index (κ3) is 2.60. The van der Waals surface area contributed by atoms with Crippen LogP contribution in [0.4, 0.5) is 5.69 Å². The van der Waals surface area contributed by atoms with Crippen LogP contribution < -0.4 is 5.73 Å². The molecular weight excluding hydrogens is 242 g/mol. The first kappa shape index (κ1) is 13.6. The lowest BCUT2D eigenvalue weighted by atomic mass is 10.0. The van der Waals surface area contributed by atoms with Crippen LogP contribution in [0.3, 0.4) is 0 Å². The van der Waals surface area contributed by atoms with Gasteiger partial charge >= 0.3 is 0 Å². The number of nitrogens with two attached hydrogens (primary N) is 1. The third-order valence-corrected chi connectivity index (χ3v) is 2.27. The number of nitrogens with zero attached hydrogens (tertiary/aromatic N) is 2. The average Bonchev–Trinajstić information content (AvgIpc) is 2.35. The minimum absolute atomic E-state index is 0.0196. The molecule has 0 aliphatic heterocycles. The van der Waals surface area contributed by atoms with Crippen molar-refractivity contribution in [1.82, 2.24) is 0 Å². The Hall–Kier alpha value is -2.50. The maximum atomic E-state index is 10.8. The number of aliphatic hydroxyl groups excluding tert-OH is 2. The van der Waals surface area contributed by atoms with Crippen LogP contribution in [0.15, 0.2) is 18.2 Å². The van der Waals surface area contributed by atoms with Gasteiger partial charge in [0.1, 0.15) is 6.10 Å². The quantitative estimate of drug-likeness (QED) is 0.477. The van der Waals surface area contributed by atoms with Gasteiger partial charge in [0, 0.05) is 6.07 Å². The summed E-state index contributed by atoms with van der Waals surface area (Å²) in [6.07, 6.45) is -3.78. The molecule has 0 heterocycles. The molecule has 18 heavy (non-hydrogen) atoms. The van der Waals surface area contributed by atoms with E-state index in [1.165, 1.54) is 6.07 Å². The number of hydrogen-bond donors (Lipinski definition) is 3. The Morgan fingerprint density at radius 3 is 2.56 bits per heavy atom. The number of hydrogen-bond acceptors (Lipinski definition) is 6. The van der Waals surface area contributed by atoms with Crippen molar-refractivity contribution < 1.29 is 19.9 Å². The van der Waals surface area contributed by atoms with Crippen LogP contribution >= 0.6 is 0 Å². The molecule has 0 bridgehead atoms. The second kappa shape index (κ2) is 5.22. The van der Waals surface area contributed by atoms with Gasteiger partial charge in [0.2, 0.25) is 5.91 Å². The van der Waals surface area contributed by atoms with Crippen LogP contribution in [0.1, 0.15) is 17.2 Å². The van der Waals surface area contributed by atoms with E-state index in [-0.39, 0.29) is 11.1 Å². The van der Waals surface area contributed by atoms with E-state index in [0.29, 0.717) is 0 Å². The molecule has 8 heteroatoms. The maximum absolute atomic E-state index is 10.8. The summed E-state index contributed by atoms with van der Waals surface area (Å²) in [7, 11) is 0. The number of primary amides is 1. The van der Waals surface area contributed by atoms with Gasteiger partial charge in [0.25, 0.3) is 5.69 Å². The van der Waals surface area contributed by atoms with Crippen molar-refractivity contribution >= 4 is 11.6 Å². The Labute approximate surface area is 101 Å². The number of nitro groups is 1. The molecular formula is C10H9N3O5. The second-order valence-corrected chi connectivity index (χ2v) is 3.43. The van der Waals surface area contributed by atoms with Crippen molar-refractivity contribution in [2.45, 2.75) is 12.2 Å². The molecule has 0 aromatic heterocycles. The summed E-state index contributed by atoms with van der Waals surface area (Å²) in [5, 5.41) is 38.3. The van der Waals surface area contributed by atoms with Crippen LogP contribution in [-0.2, 0) is 4.79 Å². The highest BCUT2D eigenvalue weighted by Gasteiger charge is 2.29. The van der Waals surface area contributed by atoms with Crippen molar-refractivity contribution in [3.8, 4) is 6.07 Å². The predicted molar refractivity (Wildman–Crippen MR) is 58.0 cm³/mol. The molecule has 0 spiro atoms. The number of nitro benzene ring substituents is 1. The Bertz CT molecular complexity index is 537. The molecule has 1 aromatic rings. The number of amides is 1. The summed E-state index contributed by atoms with van der Waals surface area (Å²) in [5.74, 6) is -1.21.